The summed E-state index contributed by atoms with van der Waals surface area (Å²) in [6, 6.07) is 0. The highest BCUT2D eigenvalue weighted by Crippen LogP contribution is 1.99. The lowest BCUT2D eigenvalue weighted by Gasteiger charge is -1.97. The number of hydrogen-bond acceptors (Lipinski definition) is 2. The molecule has 10 heavy (non-hydrogen) atoms. The van der Waals surface area contributed by atoms with E-state index in [1.807, 2.05) is 0 Å². The van der Waals surface area contributed by atoms with Gasteiger partial charge in [0, 0.05) is 12.1 Å². The van der Waals surface area contributed by atoms with Gasteiger partial charge in [-0.25, -0.2) is 0 Å². The van der Waals surface area contributed by atoms with E-state index in [1.165, 1.54) is 0 Å². The highest BCUT2D eigenvalue weighted by molar-refractivity contribution is 5.78. The molecular weight excluding hydrogens is 126 g/mol. The van der Waals surface area contributed by atoms with Crippen LogP contribution in [-0.4, -0.2) is 11.5 Å². The normalized spacial score (nSPS) is 9.30. The summed E-state index contributed by atoms with van der Waals surface area (Å²) in [5.74, 6) is 0.252. The molecule has 0 unspecified atom stereocenters. The number of unbranched alkanes of at least 4 members (excludes halogenated alkanes) is 1. The molecule has 0 amide bonds. The molecular formula is C7H15N3. The van der Waals surface area contributed by atoms with Gasteiger partial charge in [0.2, 0.25) is 0 Å². The minimum absolute atomic E-state index is 0.252. The van der Waals surface area contributed by atoms with Crippen LogP contribution in [0.2, 0.25) is 0 Å². The molecule has 0 aliphatic heterocycles. The summed E-state index contributed by atoms with van der Waals surface area (Å²) in [7, 11) is 0. The fourth-order valence-corrected chi connectivity index (χ4v) is 0.706. The molecule has 4 N–H and O–H groups in total. The Labute approximate surface area is 61.6 Å². The van der Waals surface area contributed by atoms with Crippen molar-refractivity contribution in [2.45, 2.75) is 32.6 Å². The summed E-state index contributed by atoms with van der Waals surface area (Å²) < 4.78 is 0. The van der Waals surface area contributed by atoms with Crippen molar-refractivity contribution in [3.05, 3.63) is 0 Å². The summed E-state index contributed by atoms with van der Waals surface area (Å²) in [5.41, 5.74) is 5.85. The van der Waals surface area contributed by atoms with Crippen molar-refractivity contribution in [3.8, 4) is 0 Å². The van der Waals surface area contributed by atoms with Crippen molar-refractivity contribution in [2.75, 3.05) is 0 Å². The molecule has 0 aromatic carbocycles. The van der Waals surface area contributed by atoms with Crippen LogP contribution in [0.5, 0.6) is 0 Å². The van der Waals surface area contributed by atoms with Gasteiger partial charge in [-0.3, -0.25) is 5.41 Å². The van der Waals surface area contributed by atoms with Crippen LogP contribution in [0.3, 0.4) is 0 Å². The van der Waals surface area contributed by atoms with E-state index in [0.717, 1.165) is 19.3 Å². The van der Waals surface area contributed by atoms with E-state index in [0.29, 0.717) is 12.1 Å². The molecule has 0 fully saturated rings. The van der Waals surface area contributed by atoms with Gasteiger partial charge in [0.1, 0.15) is 0 Å². The number of amidine groups is 1. The first-order valence-electron chi connectivity index (χ1n) is 3.50. The average molecular weight is 141 g/mol. The standard InChI is InChI=1S/C7H15N3/c1-6(8)4-2-3-5-7(9)10/h8H,2-5H2,1H3,(H3,9,10). The van der Waals surface area contributed by atoms with Gasteiger partial charge in [-0.05, 0) is 26.2 Å². The Bertz CT molecular complexity index is 113. The van der Waals surface area contributed by atoms with Crippen LogP contribution in [-0.2, 0) is 0 Å². The maximum absolute atomic E-state index is 7.10. The molecule has 0 heterocycles. The minimum atomic E-state index is 0.252. The topological polar surface area (TPSA) is 73.7 Å². The smallest absolute Gasteiger partial charge is 0.0905 e. The number of hydrogen-bond donors (Lipinski definition) is 3. The lowest BCUT2D eigenvalue weighted by molar-refractivity contribution is 0.786. The van der Waals surface area contributed by atoms with Crippen LogP contribution in [0.15, 0.2) is 0 Å². The van der Waals surface area contributed by atoms with Crippen LogP contribution in [0.25, 0.3) is 0 Å². The van der Waals surface area contributed by atoms with E-state index in [4.69, 9.17) is 16.6 Å². The van der Waals surface area contributed by atoms with Gasteiger partial charge in [-0.2, -0.15) is 0 Å². The largest absolute Gasteiger partial charge is 0.388 e. The first kappa shape index (κ1) is 9.14. The molecule has 0 radical (unpaired) electrons. The summed E-state index contributed by atoms with van der Waals surface area (Å²) in [5, 5.41) is 14.0. The second-order valence-electron chi connectivity index (χ2n) is 2.51. The molecule has 3 heteroatoms. The molecule has 0 aliphatic carbocycles. The molecule has 0 saturated heterocycles. The third-order valence-electron chi connectivity index (χ3n) is 1.25. The van der Waals surface area contributed by atoms with Crippen LogP contribution >= 0.6 is 0 Å². The summed E-state index contributed by atoms with van der Waals surface area (Å²) in [4.78, 5) is 0. The van der Waals surface area contributed by atoms with Crippen LogP contribution < -0.4 is 5.73 Å². The Morgan fingerprint density at radius 3 is 2.10 bits per heavy atom. The van der Waals surface area contributed by atoms with Crippen molar-refractivity contribution in [1.82, 2.24) is 0 Å². The van der Waals surface area contributed by atoms with Gasteiger partial charge in [-0.1, -0.05) is 0 Å². The highest BCUT2D eigenvalue weighted by atomic mass is 14.7. The van der Waals surface area contributed by atoms with Gasteiger partial charge >= 0.3 is 0 Å². The summed E-state index contributed by atoms with van der Waals surface area (Å²) >= 11 is 0. The van der Waals surface area contributed by atoms with Crippen molar-refractivity contribution in [1.29, 1.82) is 10.8 Å². The zero-order chi connectivity index (χ0) is 7.98. The zero-order valence-corrected chi connectivity index (χ0v) is 6.41. The van der Waals surface area contributed by atoms with Gasteiger partial charge in [0.15, 0.2) is 0 Å². The molecule has 0 aromatic heterocycles. The Morgan fingerprint density at radius 1 is 1.20 bits per heavy atom. The number of nitrogens with two attached hydrogens (primary N) is 1. The second kappa shape index (κ2) is 4.97. The Balaban J connectivity index is 3.06. The third-order valence-corrected chi connectivity index (χ3v) is 1.25. The fourth-order valence-electron chi connectivity index (χ4n) is 0.706. The molecule has 3 nitrogen and oxygen atoms in total. The lowest BCUT2D eigenvalue weighted by Crippen LogP contribution is -2.08. The van der Waals surface area contributed by atoms with Gasteiger partial charge < -0.3 is 11.1 Å². The summed E-state index contributed by atoms with van der Waals surface area (Å²) in [6.07, 6.45) is 3.43. The predicted molar refractivity (Wildman–Crippen MR) is 43.8 cm³/mol. The first-order valence-corrected chi connectivity index (χ1v) is 3.50. The molecule has 0 spiro atoms. The zero-order valence-electron chi connectivity index (χ0n) is 6.41. The van der Waals surface area contributed by atoms with E-state index >= 15 is 0 Å². The maximum Gasteiger partial charge on any atom is 0.0905 e. The average Bonchev–Trinajstić information content (AvgIpc) is 1.79. The number of rotatable bonds is 5. The molecule has 0 saturated carbocycles. The quantitative estimate of drug-likeness (QED) is 0.303. The van der Waals surface area contributed by atoms with Gasteiger partial charge in [0.25, 0.3) is 0 Å². The van der Waals surface area contributed by atoms with E-state index in [-0.39, 0.29) is 5.84 Å². The predicted octanol–water partition coefficient (Wildman–Crippen LogP) is 1.52. The van der Waals surface area contributed by atoms with E-state index in [1.54, 1.807) is 6.92 Å². The third kappa shape index (κ3) is 7.14. The van der Waals surface area contributed by atoms with Crippen molar-refractivity contribution < 1.29 is 0 Å². The fraction of sp³-hybridized carbons (Fsp3) is 0.714. The molecule has 58 valence electrons. The van der Waals surface area contributed by atoms with Crippen LogP contribution in [0.4, 0.5) is 0 Å². The van der Waals surface area contributed by atoms with Crippen molar-refractivity contribution in [3.63, 3.8) is 0 Å². The lowest BCUT2D eigenvalue weighted by atomic mass is 10.1. The Morgan fingerprint density at radius 2 is 1.70 bits per heavy atom. The second-order valence-corrected chi connectivity index (χ2v) is 2.51. The Hall–Kier alpha value is -0.860. The summed E-state index contributed by atoms with van der Waals surface area (Å²) in [6.45, 7) is 1.80. The van der Waals surface area contributed by atoms with Crippen LogP contribution in [0.1, 0.15) is 32.6 Å². The molecule has 0 atom stereocenters. The molecule has 0 aromatic rings. The molecule has 0 aliphatic rings. The Kier molecular flexibility index (Phi) is 4.54. The minimum Gasteiger partial charge on any atom is -0.388 e. The van der Waals surface area contributed by atoms with E-state index in [2.05, 4.69) is 0 Å². The highest BCUT2D eigenvalue weighted by Gasteiger charge is 1.91. The van der Waals surface area contributed by atoms with Crippen LogP contribution in [0, 0.1) is 10.8 Å². The first-order chi connectivity index (χ1) is 4.63. The molecule has 0 rings (SSSR count). The van der Waals surface area contributed by atoms with Gasteiger partial charge in [-0.15, -0.1) is 0 Å². The number of nitrogens with one attached hydrogen (secondary N) is 2. The van der Waals surface area contributed by atoms with Crippen molar-refractivity contribution >= 4 is 11.5 Å². The maximum atomic E-state index is 7.10. The van der Waals surface area contributed by atoms with Gasteiger partial charge in [0.05, 0.1) is 5.84 Å². The van der Waals surface area contributed by atoms with Crippen molar-refractivity contribution in [2.24, 2.45) is 5.73 Å². The van der Waals surface area contributed by atoms with E-state index in [9.17, 15) is 0 Å². The molecule has 0 bridgehead atoms. The monoisotopic (exact) mass is 141 g/mol. The SMILES string of the molecule is CC(=N)CCCCC(=N)N. The van der Waals surface area contributed by atoms with E-state index < -0.39 is 0 Å².